The van der Waals surface area contributed by atoms with Crippen LogP contribution < -0.4 is 0 Å². The highest BCUT2D eigenvalue weighted by Crippen LogP contribution is 2.19. The average molecular weight is 229 g/mol. The van der Waals surface area contributed by atoms with Crippen molar-refractivity contribution in [2.75, 3.05) is 19.7 Å². The van der Waals surface area contributed by atoms with Gasteiger partial charge in [-0.05, 0) is 5.41 Å². The number of hydrogen-bond donors (Lipinski definition) is 1. The number of nitrogens with zero attached hydrogens (tertiary/aromatic N) is 1. The van der Waals surface area contributed by atoms with E-state index in [-0.39, 0.29) is 24.3 Å². The lowest BCUT2D eigenvalue weighted by Crippen LogP contribution is -2.33. The normalized spacial score (nSPS) is 21.1. The summed E-state index contributed by atoms with van der Waals surface area (Å²) in [6.07, 6.45) is -0.572. The molecule has 0 aromatic heterocycles. The second kappa shape index (κ2) is 4.82. The number of carbonyl (C=O) groups excluding carboxylic acids is 2. The third kappa shape index (κ3) is 3.81. The van der Waals surface area contributed by atoms with Gasteiger partial charge in [0.1, 0.15) is 6.10 Å². The first-order chi connectivity index (χ1) is 7.31. The Labute approximate surface area is 95.4 Å². The lowest BCUT2D eigenvalue weighted by molar-refractivity contribution is -0.121. The standard InChI is InChI=1S/C11H19NO4/c1-11(2,3)4-8(14)5-12-6-9(7-13)16-10(12)15/h9,13H,4-7H2,1-3H3. The third-order valence-electron chi connectivity index (χ3n) is 2.25. The van der Waals surface area contributed by atoms with Crippen LogP contribution in [0.3, 0.4) is 0 Å². The molecule has 1 rings (SSSR count). The first-order valence-corrected chi connectivity index (χ1v) is 5.40. The largest absolute Gasteiger partial charge is 0.442 e. The van der Waals surface area contributed by atoms with E-state index >= 15 is 0 Å². The molecule has 92 valence electrons. The zero-order valence-corrected chi connectivity index (χ0v) is 10.0. The van der Waals surface area contributed by atoms with Crippen molar-refractivity contribution in [2.24, 2.45) is 5.41 Å². The summed E-state index contributed by atoms with van der Waals surface area (Å²) in [6, 6.07) is 0. The lowest BCUT2D eigenvalue weighted by Gasteiger charge is -2.19. The zero-order chi connectivity index (χ0) is 12.3. The van der Waals surface area contributed by atoms with Crippen molar-refractivity contribution >= 4 is 11.9 Å². The molecule has 1 aliphatic rings. The zero-order valence-electron chi connectivity index (χ0n) is 10.0. The molecule has 0 spiro atoms. The number of ketones is 1. The van der Waals surface area contributed by atoms with Crippen LogP contribution in [0.2, 0.25) is 0 Å². The molecular weight excluding hydrogens is 210 g/mol. The predicted molar refractivity (Wildman–Crippen MR) is 58.0 cm³/mol. The van der Waals surface area contributed by atoms with E-state index in [1.807, 2.05) is 20.8 Å². The summed E-state index contributed by atoms with van der Waals surface area (Å²) in [5.41, 5.74) is -0.0723. The van der Waals surface area contributed by atoms with Crippen molar-refractivity contribution in [3.63, 3.8) is 0 Å². The van der Waals surface area contributed by atoms with Gasteiger partial charge in [-0.1, -0.05) is 20.8 Å². The molecule has 0 aromatic carbocycles. The Morgan fingerprint density at radius 3 is 2.62 bits per heavy atom. The van der Waals surface area contributed by atoms with E-state index in [2.05, 4.69) is 0 Å². The van der Waals surface area contributed by atoms with Gasteiger partial charge in [0.05, 0.1) is 19.7 Å². The van der Waals surface area contributed by atoms with E-state index in [1.54, 1.807) is 0 Å². The highest BCUT2D eigenvalue weighted by Gasteiger charge is 2.32. The van der Waals surface area contributed by atoms with Crippen LogP contribution in [0.15, 0.2) is 0 Å². The van der Waals surface area contributed by atoms with Gasteiger partial charge in [0.2, 0.25) is 0 Å². The van der Waals surface area contributed by atoms with Gasteiger partial charge < -0.3 is 9.84 Å². The minimum atomic E-state index is -0.513. The van der Waals surface area contributed by atoms with Gasteiger partial charge in [-0.2, -0.15) is 0 Å². The van der Waals surface area contributed by atoms with E-state index in [4.69, 9.17) is 9.84 Å². The van der Waals surface area contributed by atoms with Gasteiger partial charge in [0.25, 0.3) is 0 Å². The second-order valence-electron chi connectivity index (χ2n) is 5.34. The summed E-state index contributed by atoms with van der Waals surface area (Å²) in [4.78, 5) is 24.3. The molecule has 1 fully saturated rings. The third-order valence-corrected chi connectivity index (χ3v) is 2.25. The van der Waals surface area contributed by atoms with Crippen molar-refractivity contribution in [1.82, 2.24) is 4.90 Å². The van der Waals surface area contributed by atoms with Crippen LogP contribution in [0, 0.1) is 5.41 Å². The number of rotatable bonds is 4. The topological polar surface area (TPSA) is 66.8 Å². The Hall–Kier alpha value is -1.10. The number of amides is 1. The van der Waals surface area contributed by atoms with Crippen molar-refractivity contribution in [3.05, 3.63) is 0 Å². The summed E-state index contributed by atoms with van der Waals surface area (Å²) in [7, 11) is 0. The number of aliphatic hydroxyl groups excluding tert-OH is 1. The van der Waals surface area contributed by atoms with Crippen LogP contribution in [-0.2, 0) is 9.53 Å². The Balaban J connectivity index is 2.43. The molecule has 1 amide bonds. The van der Waals surface area contributed by atoms with Crippen molar-refractivity contribution < 1.29 is 19.4 Å². The second-order valence-corrected chi connectivity index (χ2v) is 5.34. The van der Waals surface area contributed by atoms with Crippen molar-refractivity contribution in [3.8, 4) is 0 Å². The number of hydrogen-bond acceptors (Lipinski definition) is 4. The molecule has 1 N–H and O–H groups in total. The maximum absolute atomic E-state index is 11.6. The number of carbonyl (C=O) groups is 2. The maximum atomic E-state index is 11.6. The molecular formula is C11H19NO4. The van der Waals surface area contributed by atoms with E-state index in [1.165, 1.54) is 4.90 Å². The number of cyclic esters (lactones) is 1. The molecule has 16 heavy (non-hydrogen) atoms. The molecule has 0 aromatic rings. The highest BCUT2D eigenvalue weighted by molar-refractivity contribution is 5.85. The van der Waals surface area contributed by atoms with Gasteiger partial charge in [-0.15, -0.1) is 0 Å². The smallest absolute Gasteiger partial charge is 0.410 e. The first kappa shape index (κ1) is 13.0. The number of aliphatic hydroxyl groups is 1. The average Bonchev–Trinajstić information content (AvgIpc) is 2.44. The van der Waals surface area contributed by atoms with Crippen LogP contribution in [0.4, 0.5) is 4.79 Å². The Kier molecular flexibility index (Phi) is 3.91. The highest BCUT2D eigenvalue weighted by atomic mass is 16.6. The monoisotopic (exact) mass is 229 g/mol. The van der Waals surface area contributed by atoms with Crippen LogP contribution in [0.1, 0.15) is 27.2 Å². The molecule has 0 aliphatic carbocycles. The predicted octanol–water partition coefficient (Wildman–Crippen LogP) is 0.805. The van der Waals surface area contributed by atoms with Gasteiger partial charge in [-0.25, -0.2) is 4.79 Å². The molecule has 0 saturated carbocycles. The van der Waals surface area contributed by atoms with Gasteiger partial charge in [0.15, 0.2) is 5.78 Å². The molecule has 0 bridgehead atoms. The summed E-state index contributed by atoms with van der Waals surface area (Å²) < 4.78 is 4.84. The molecule has 1 aliphatic heterocycles. The quantitative estimate of drug-likeness (QED) is 0.774. The Morgan fingerprint density at radius 1 is 1.56 bits per heavy atom. The fraction of sp³-hybridized carbons (Fsp3) is 0.818. The fourth-order valence-electron chi connectivity index (χ4n) is 1.66. The van der Waals surface area contributed by atoms with E-state index in [0.717, 1.165) is 0 Å². The summed E-state index contributed by atoms with van der Waals surface area (Å²) in [5, 5.41) is 8.83. The van der Waals surface area contributed by atoms with Crippen LogP contribution in [0.25, 0.3) is 0 Å². The van der Waals surface area contributed by atoms with E-state index in [9.17, 15) is 9.59 Å². The molecule has 0 radical (unpaired) electrons. The first-order valence-electron chi connectivity index (χ1n) is 5.40. The molecule has 5 nitrogen and oxygen atoms in total. The van der Waals surface area contributed by atoms with Crippen molar-refractivity contribution in [2.45, 2.75) is 33.3 Å². The lowest BCUT2D eigenvalue weighted by atomic mass is 9.90. The van der Waals surface area contributed by atoms with E-state index < -0.39 is 12.2 Å². The molecule has 1 saturated heterocycles. The van der Waals surface area contributed by atoms with Crippen molar-refractivity contribution in [1.29, 1.82) is 0 Å². The Bertz CT molecular complexity index is 282. The Morgan fingerprint density at radius 2 is 2.19 bits per heavy atom. The SMILES string of the molecule is CC(C)(C)CC(=O)CN1CC(CO)OC1=O. The van der Waals surface area contributed by atoms with E-state index in [0.29, 0.717) is 13.0 Å². The summed E-state index contributed by atoms with van der Waals surface area (Å²) in [5.74, 6) is 0.0167. The summed E-state index contributed by atoms with van der Waals surface area (Å²) >= 11 is 0. The van der Waals surface area contributed by atoms with Crippen LogP contribution in [-0.4, -0.2) is 47.7 Å². The molecule has 1 unspecified atom stereocenters. The molecule has 1 atom stereocenters. The van der Waals surface area contributed by atoms with Gasteiger partial charge in [-0.3, -0.25) is 9.69 Å². The minimum absolute atomic E-state index is 0.0167. The number of Topliss-reactive ketones (excluding diaryl/α,β-unsaturated/α-hetero) is 1. The van der Waals surface area contributed by atoms with Gasteiger partial charge in [0, 0.05) is 6.42 Å². The molecule has 5 heteroatoms. The van der Waals surface area contributed by atoms with Crippen LogP contribution in [0.5, 0.6) is 0 Å². The number of ether oxygens (including phenoxy) is 1. The minimum Gasteiger partial charge on any atom is -0.442 e. The molecule has 1 heterocycles. The van der Waals surface area contributed by atoms with Crippen LogP contribution >= 0.6 is 0 Å². The fourth-order valence-corrected chi connectivity index (χ4v) is 1.66. The maximum Gasteiger partial charge on any atom is 0.410 e. The summed E-state index contributed by atoms with van der Waals surface area (Å²) in [6.45, 7) is 6.10. The van der Waals surface area contributed by atoms with Gasteiger partial charge >= 0.3 is 6.09 Å².